The van der Waals surface area contributed by atoms with Crippen molar-refractivity contribution in [3.63, 3.8) is 0 Å². The van der Waals surface area contributed by atoms with Gasteiger partial charge in [-0.1, -0.05) is 30.3 Å². The van der Waals surface area contributed by atoms with Crippen LogP contribution in [0.4, 0.5) is 0 Å². The summed E-state index contributed by atoms with van der Waals surface area (Å²) in [7, 11) is 0.205. The van der Waals surface area contributed by atoms with Gasteiger partial charge in [0.2, 0.25) is 5.78 Å². The first-order valence-electron chi connectivity index (χ1n) is 12.1. The number of aromatic nitrogens is 1. The van der Waals surface area contributed by atoms with Gasteiger partial charge in [0.15, 0.2) is 11.0 Å². The lowest BCUT2D eigenvalue weighted by Gasteiger charge is -2.17. The van der Waals surface area contributed by atoms with Crippen molar-refractivity contribution in [1.82, 2.24) is 4.57 Å². The maximum atomic E-state index is 13.5. The summed E-state index contributed by atoms with van der Waals surface area (Å²) in [6.07, 6.45) is 4.69. The first-order chi connectivity index (χ1) is 16.2. The van der Waals surface area contributed by atoms with Crippen LogP contribution in [0.5, 0.6) is 0 Å². The highest BCUT2D eigenvalue weighted by Crippen LogP contribution is 2.40. The number of nitrogens with zero attached hydrogens (tertiary/aromatic N) is 1. The summed E-state index contributed by atoms with van der Waals surface area (Å²) in [6.45, 7) is 3.01. The van der Waals surface area contributed by atoms with Gasteiger partial charge in [0.05, 0.1) is 0 Å². The molecule has 1 aliphatic heterocycles. The van der Waals surface area contributed by atoms with E-state index < -0.39 is 0 Å². The monoisotopic (exact) mass is 454 g/mol. The number of carbonyl (C=O) groups is 2. The quantitative estimate of drug-likeness (QED) is 0.282. The fraction of sp³-hybridized carbons (Fsp3) is 0.310. The van der Waals surface area contributed by atoms with E-state index >= 15 is 0 Å². The predicted molar refractivity (Wildman–Crippen MR) is 138 cm³/mol. The minimum atomic E-state index is 0.0418. The van der Waals surface area contributed by atoms with Gasteiger partial charge in [0.25, 0.3) is 0 Å². The molecule has 0 radical (unpaired) electrons. The normalized spacial score (nSPS) is 18.8. The number of ketones is 2. The number of rotatable bonds is 4. The Hall–Kier alpha value is -2.85. The lowest BCUT2D eigenvalue weighted by atomic mass is 9.98. The molecule has 1 unspecified atom stereocenters. The molecule has 4 heteroatoms. The maximum absolute atomic E-state index is 13.5. The van der Waals surface area contributed by atoms with E-state index in [0.29, 0.717) is 16.9 Å². The molecule has 3 nitrogen and oxygen atoms in total. The van der Waals surface area contributed by atoms with Gasteiger partial charge in [-0.05, 0) is 73.0 Å². The Morgan fingerprint density at radius 3 is 2.45 bits per heavy atom. The summed E-state index contributed by atoms with van der Waals surface area (Å²) in [5.74, 6) is 2.81. The minimum Gasteiger partial charge on any atom is -0.341 e. The largest absolute Gasteiger partial charge is 0.341 e. The van der Waals surface area contributed by atoms with Crippen molar-refractivity contribution >= 4 is 44.3 Å². The van der Waals surface area contributed by atoms with E-state index in [0.717, 1.165) is 29.4 Å². The molecule has 1 atom stereocenters. The van der Waals surface area contributed by atoms with Crippen molar-refractivity contribution in [2.75, 3.05) is 11.5 Å². The molecule has 1 aromatic heterocycles. The van der Waals surface area contributed by atoms with Gasteiger partial charge in [-0.3, -0.25) is 9.59 Å². The van der Waals surface area contributed by atoms with Crippen molar-refractivity contribution in [2.45, 2.75) is 44.4 Å². The standard InChI is InChI=1S/C29H28NO2S/c1-2-30-24-13-11-20(28(31)19-9-5-3-6-10-19)17-23(24)27-22-18-26(33-15-7-4-8-16-33)29(32)21(22)12-14-25(27)30/h3,5-6,9-14,17,26H,2,4,7-8,15-16,18H2,1H3/q+1. The molecular weight excluding hydrogens is 426 g/mol. The number of carbonyl (C=O) groups excluding carboxylic acids is 2. The second-order valence-electron chi connectivity index (χ2n) is 9.22. The zero-order chi connectivity index (χ0) is 22.5. The average molecular weight is 455 g/mol. The number of fused-ring (bicyclic) bond motifs is 5. The van der Waals surface area contributed by atoms with E-state index in [1.54, 1.807) is 0 Å². The average Bonchev–Trinajstić information content (AvgIpc) is 3.38. The van der Waals surface area contributed by atoms with E-state index in [1.807, 2.05) is 36.4 Å². The van der Waals surface area contributed by atoms with Gasteiger partial charge < -0.3 is 4.57 Å². The van der Waals surface area contributed by atoms with Crippen LogP contribution in [0.15, 0.2) is 60.7 Å². The van der Waals surface area contributed by atoms with Gasteiger partial charge >= 0.3 is 0 Å². The minimum absolute atomic E-state index is 0.0418. The van der Waals surface area contributed by atoms with Gasteiger partial charge in [-0.25, -0.2) is 0 Å². The highest BCUT2D eigenvalue weighted by Gasteiger charge is 2.44. The second kappa shape index (κ2) is 8.18. The fourth-order valence-electron chi connectivity index (χ4n) is 5.80. The molecule has 6 rings (SSSR count). The molecule has 0 saturated carbocycles. The molecule has 166 valence electrons. The zero-order valence-corrected chi connectivity index (χ0v) is 19.8. The molecule has 2 aliphatic rings. The third-order valence-corrected chi connectivity index (χ3v) is 10.2. The molecule has 1 saturated heterocycles. The first kappa shape index (κ1) is 20.7. The van der Waals surface area contributed by atoms with E-state index in [-0.39, 0.29) is 21.9 Å². The Kier molecular flexibility index (Phi) is 5.14. The number of Topliss-reactive ketones (excluding diaryl/α,β-unsaturated/α-hetero) is 1. The number of hydrogen-bond acceptors (Lipinski definition) is 2. The lowest BCUT2D eigenvalue weighted by molar-refractivity contribution is 0.0997. The molecule has 2 heterocycles. The lowest BCUT2D eigenvalue weighted by Crippen LogP contribution is -2.34. The Morgan fingerprint density at radius 2 is 1.70 bits per heavy atom. The summed E-state index contributed by atoms with van der Waals surface area (Å²) in [5, 5.41) is 2.44. The van der Waals surface area contributed by atoms with Crippen LogP contribution in [0.25, 0.3) is 21.8 Å². The van der Waals surface area contributed by atoms with Crippen molar-refractivity contribution in [2.24, 2.45) is 0 Å². The van der Waals surface area contributed by atoms with Crippen LogP contribution in [0.2, 0.25) is 0 Å². The summed E-state index contributed by atoms with van der Waals surface area (Å²) in [6, 6.07) is 19.7. The van der Waals surface area contributed by atoms with Gasteiger partial charge in [-0.15, -0.1) is 0 Å². The topological polar surface area (TPSA) is 39.1 Å². The van der Waals surface area contributed by atoms with Crippen LogP contribution >= 0.6 is 0 Å². The van der Waals surface area contributed by atoms with Gasteiger partial charge in [0.1, 0.15) is 11.5 Å². The number of aryl methyl sites for hydroxylation is 1. The van der Waals surface area contributed by atoms with Crippen LogP contribution in [0, 0.1) is 0 Å². The van der Waals surface area contributed by atoms with Gasteiger partial charge in [0, 0.05) is 51.5 Å². The fourth-order valence-corrected chi connectivity index (χ4v) is 8.56. The van der Waals surface area contributed by atoms with Crippen molar-refractivity contribution in [1.29, 1.82) is 0 Å². The van der Waals surface area contributed by atoms with E-state index in [2.05, 4.69) is 35.8 Å². The third-order valence-electron chi connectivity index (χ3n) is 7.42. The summed E-state index contributed by atoms with van der Waals surface area (Å²) < 4.78 is 2.32. The predicted octanol–water partition coefficient (Wildman–Crippen LogP) is 5.96. The molecule has 1 fully saturated rings. The Balaban J connectivity index is 1.52. The molecule has 4 aromatic rings. The summed E-state index contributed by atoms with van der Waals surface area (Å²) in [5.41, 5.74) is 5.85. The highest BCUT2D eigenvalue weighted by molar-refractivity contribution is 7.98. The Morgan fingerprint density at radius 1 is 0.939 bits per heavy atom. The van der Waals surface area contributed by atoms with Gasteiger partial charge in [-0.2, -0.15) is 0 Å². The zero-order valence-electron chi connectivity index (χ0n) is 19.0. The van der Waals surface area contributed by atoms with Crippen molar-refractivity contribution in [3.8, 4) is 0 Å². The maximum Gasteiger partial charge on any atom is 0.215 e. The molecule has 1 aliphatic carbocycles. The van der Waals surface area contributed by atoms with Crippen LogP contribution in [-0.4, -0.2) is 32.9 Å². The van der Waals surface area contributed by atoms with Crippen molar-refractivity contribution in [3.05, 3.63) is 82.9 Å². The summed E-state index contributed by atoms with van der Waals surface area (Å²) in [4.78, 5) is 26.6. The highest BCUT2D eigenvalue weighted by atomic mass is 32.2. The second-order valence-corrected chi connectivity index (χ2v) is 11.7. The first-order valence-corrected chi connectivity index (χ1v) is 13.7. The van der Waals surface area contributed by atoms with Crippen LogP contribution < -0.4 is 0 Å². The number of hydrogen-bond donors (Lipinski definition) is 0. The van der Waals surface area contributed by atoms with E-state index in [9.17, 15) is 9.59 Å². The van der Waals surface area contributed by atoms with E-state index in [1.165, 1.54) is 47.2 Å². The molecule has 0 amide bonds. The van der Waals surface area contributed by atoms with Crippen LogP contribution in [0.1, 0.15) is 58.0 Å². The van der Waals surface area contributed by atoms with Crippen molar-refractivity contribution < 1.29 is 9.59 Å². The molecule has 33 heavy (non-hydrogen) atoms. The molecule has 0 bridgehead atoms. The van der Waals surface area contributed by atoms with E-state index in [4.69, 9.17) is 0 Å². The third kappa shape index (κ3) is 3.26. The summed E-state index contributed by atoms with van der Waals surface area (Å²) >= 11 is 0. The smallest absolute Gasteiger partial charge is 0.215 e. The Labute approximate surface area is 197 Å². The molecular formula is C29H28NO2S+. The number of benzene rings is 3. The Bertz CT molecular complexity index is 1400. The molecule has 0 N–H and O–H groups in total. The molecule has 3 aromatic carbocycles. The molecule has 0 spiro atoms. The van der Waals surface area contributed by atoms with Crippen LogP contribution in [0.3, 0.4) is 0 Å². The SMILES string of the molecule is CCn1c2ccc(C(=O)c3ccccc3)cc2c2c3c(ccc21)C(=O)C([S+]1CCCCC1)C3. The van der Waals surface area contributed by atoms with Crippen LogP contribution in [-0.2, 0) is 23.9 Å².